The second kappa shape index (κ2) is 11.2. The van der Waals surface area contributed by atoms with Crippen molar-refractivity contribution in [3.8, 4) is 5.88 Å². The number of fused-ring (bicyclic) bond motifs is 1. The average molecular weight is 576 g/mol. The fourth-order valence-electron chi connectivity index (χ4n) is 4.85. The molecule has 0 saturated heterocycles. The van der Waals surface area contributed by atoms with Gasteiger partial charge in [0, 0.05) is 35.8 Å². The van der Waals surface area contributed by atoms with Crippen LogP contribution in [0.5, 0.6) is 5.88 Å². The second-order valence-electron chi connectivity index (χ2n) is 9.31. The van der Waals surface area contributed by atoms with Crippen LogP contribution in [0.15, 0.2) is 30.7 Å². The molecule has 1 saturated carbocycles. The topological polar surface area (TPSA) is 162 Å². The summed E-state index contributed by atoms with van der Waals surface area (Å²) in [6, 6.07) is 5.28. The molecule has 1 fully saturated rings. The van der Waals surface area contributed by atoms with Crippen LogP contribution < -0.4 is 14.8 Å². The van der Waals surface area contributed by atoms with Gasteiger partial charge in [0.2, 0.25) is 11.7 Å². The van der Waals surface area contributed by atoms with Crippen LogP contribution in [0.2, 0.25) is 0 Å². The maximum absolute atomic E-state index is 13.6. The number of aliphatic hydroxyl groups excluding tert-OH is 1. The van der Waals surface area contributed by atoms with Gasteiger partial charge in [0.1, 0.15) is 24.4 Å². The van der Waals surface area contributed by atoms with E-state index >= 15 is 0 Å². The van der Waals surface area contributed by atoms with Crippen LogP contribution >= 0.6 is 11.3 Å². The number of carbonyl (C=O) groups is 1. The second-order valence-corrected chi connectivity index (χ2v) is 12.1. The molecule has 3 N–H and O–H groups in total. The highest BCUT2D eigenvalue weighted by Gasteiger charge is 2.37. The van der Waals surface area contributed by atoms with Crippen LogP contribution in [0.3, 0.4) is 0 Å². The van der Waals surface area contributed by atoms with Crippen LogP contribution in [0.4, 0.5) is 5.82 Å². The van der Waals surface area contributed by atoms with Gasteiger partial charge in [-0.1, -0.05) is 6.07 Å². The molecule has 0 radical (unpaired) electrons. The standard InChI is InChI=1S/C25H29N5O7S2/c1-13-16(24-22-14(6-7-36-24)4-5-21(30-22)35-3)10-20(38-13)23(32)17-11-27-12-28-25(17)29-15-8-18(31)19(9-15)37-39(33,34)26-2/h4-5,10-12,15,18-19,24,26,31H,6-9H2,1-3H3,(H,27,28,29)/t15-,18+,19-,24+/m1/s1. The number of nitrogens with one attached hydrogen (secondary N) is 2. The third-order valence-electron chi connectivity index (χ3n) is 6.83. The summed E-state index contributed by atoms with van der Waals surface area (Å²) in [6.45, 7) is 2.48. The molecule has 4 heterocycles. The predicted molar refractivity (Wildman–Crippen MR) is 142 cm³/mol. The summed E-state index contributed by atoms with van der Waals surface area (Å²) >= 11 is 1.35. The number of nitrogens with zero attached hydrogens (tertiary/aromatic N) is 3. The minimum absolute atomic E-state index is 0.205. The number of thiophene rings is 1. The molecular weight excluding hydrogens is 546 g/mol. The first-order valence-electron chi connectivity index (χ1n) is 12.4. The molecule has 0 unspecified atom stereocenters. The lowest BCUT2D eigenvalue weighted by molar-refractivity contribution is 0.0636. The van der Waals surface area contributed by atoms with E-state index in [1.54, 1.807) is 7.11 Å². The molecule has 3 aromatic heterocycles. The van der Waals surface area contributed by atoms with E-state index in [0.29, 0.717) is 23.2 Å². The van der Waals surface area contributed by atoms with Crippen molar-refractivity contribution in [3.63, 3.8) is 0 Å². The van der Waals surface area contributed by atoms with Crippen LogP contribution in [0.1, 0.15) is 55.9 Å². The first kappa shape index (κ1) is 27.6. The Labute approximate surface area is 230 Å². The number of carbonyl (C=O) groups excluding carboxylic acids is 1. The Morgan fingerprint density at radius 3 is 2.87 bits per heavy atom. The number of aromatic nitrogens is 3. The lowest BCUT2D eigenvalue weighted by atomic mass is 9.97. The van der Waals surface area contributed by atoms with Gasteiger partial charge < -0.3 is 19.9 Å². The monoisotopic (exact) mass is 575 g/mol. The molecule has 1 aliphatic carbocycles. The zero-order valence-corrected chi connectivity index (χ0v) is 23.2. The molecule has 4 atom stereocenters. The normalized spacial score (nSPS) is 22.9. The summed E-state index contributed by atoms with van der Waals surface area (Å²) in [5.74, 6) is 0.526. The molecule has 0 bridgehead atoms. The fraction of sp³-hybridized carbons (Fsp3) is 0.440. The lowest BCUT2D eigenvalue weighted by Crippen LogP contribution is -2.31. The third-order valence-corrected chi connectivity index (χ3v) is 8.90. The van der Waals surface area contributed by atoms with Gasteiger partial charge in [-0.15, -0.1) is 11.3 Å². The molecule has 2 aliphatic rings. The molecule has 208 valence electrons. The number of ketones is 1. The summed E-state index contributed by atoms with van der Waals surface area (Å²) in [5, 5.41) is 13.5. The van der Waals surface area contributed by atoms with E-state index in [4.69, 9.17) is 13.7 Å². The van der Waals surface area contributed by atoms with E-state index < -0.39 is 28.6 Å². The van der Waals surface area contributed by atoms with Crippen molar-refractivity contribution in [1.29, 1.82) is 0 Å². The quantitative estimate of drug-likeness (QED) is 0.320. The molecular formula is C25H29N5O7S2. The number of ether oxygens (including phenoxy) is 2. The number of aryl methyl sites for hydroxylation is 1. The van der Waals surface area contributed by atoms with E-state index in [0.717, 1.165) is 28.1 Å². The first-order valence-corrected chi connectivity index (χ1v) is 14.6. The van der Waals surface area contributed by atoms with Crippen molar-refractivity contribution in [2.75, 3.05) is 26.1 Å². The van der Waals surface area contributed by atoms with Gasteiger partial charge in [0.05, 0.1) is 36.0 Å². The third kappa shape index (κ3) is 5.81. The van der Waals surface area contributed by atoms with E-state index in [-0.39, 0.29) is 30.2 Å². The minimum atomic E-state index is -3.96. The number of anilines is 1. The van der Waals surface area contributed by atoms with Gasteiger partial charge in [-0.25, -0.2) is 15.0 Å². The highest BCUT2D eigenvalue weighted by atomic mass is 32.2. The zero-order valence-electron chi connectivity index (χ0n) is 21.6. The van der Waals surface area contributed by atoms with E-state index in [1.165, 1.54) is 30.9 Å². The summed E-state index contributed by atoms with van der Waals surface area (Å²) in [7, 11) is -1.16. The van der Waals surface area contributed by atoms with Crippen LogP contribution in [-0.2, 0) is 25.6 Å². The summed E-state index contributed by atoms with van der Waals surface area (Å²) in [6.07, 6.45) is 1.59. The number of pyridine rings is 1. The molecule has 0 aromatic carbocycles. The average Bonchev–Trinajstić information content (AvgIpc) is 3.48. The molecule has 0 spiro atoms. The van der Waals surface area contributed by atoms with Crippen molar-refractivity contribution < 1.29 is 32.0 Å². The van der Waals surface area contributed by atoms with Crippen molar-refractivity contribution in [2.45, 2.75) is 50.5 Å². The van der Waals surface area contributed by atoms with E-state index in [2.05, 4.69) is 25.0 Å². The summed E-state index contributed by atoms with van der Waals surface area (Å²) < 4.78 is 42.0. The number of hydrogen-bond acceptors (Lipinski definition) is 12. The van der Waals surface area contributed by atoms with Gasteiger partial charge in [-0.05, 0) is 37.8 Å². The molecule has 39 heavy (non-hydrogen) atoms. The Balaban J connectivity index is 1.37. The molecule has 5 rings (SSSR count). The highest BCUT2D eigenvalue weighted by molar-refractivity contribution is 7.84. The molecule has 14 heteroatoms. The van der Waals surface area contributed by atoms with Crippen LogP contribution in [-0.4, -0.2) is 73.3 Å². The Hall–Kier alpha value is -3.01. The first-order chi connectivity index (χ1) is 18.7. The number of methoxy groups -OCH3 is 1. The van der Waals surface area contributed by atoms with Crippen molar-refractivity contribution >= 4 is 33.2 Å². The summed E-state index contributed by atoms with van der Waals surface area (Å²) in [4.78, 5) is 28.0. The maximum Gasteiger partial charge on any atom is 0.335 e. The van der Waals surface area contributed by atoms with Gasteiger partial charge in [0.25, 0.3) is 0 Å². The van der Waals surface area contributed by atoms with Crippen molar-refractivity contribution in [3.05, 3.63) is 62.9 Å². The Morgan fingerprint density at radius 2 is 2.10 bits per heavy atom. The van der Waals surface area contributed by atoms with Gasteiger partial charge in [-0.2, -0.15) is 13.1 Å². The molecule has 12 nitrogen and oxygen atoms in total. The molecule has 1 aliphatic heterocycles. The number of rotatable bonds is 9. The maximum atomic E-state index is 13.6. The van der Waals surface area contributed by atoms with Crippen LogP contribution in [0, 0.1) is 6.92 Å². The van der Waals surface area contributed by atoms with Crippen molar-refractivity contribution in [1.82, 2.24) is 19.7 Å². The smallest absolute Gasteiger partial charge is 0.335 e. The predicted octanol–water partition coefficient (Wildman–Crippen LogP) is 1.93. The number of hydrogen-bond donors (Lipinski definition) is 3. The number of aliphatic hydroxyl groups is 1. The Kier molecular flexibility index (Phi) is 7.94. The minimum Gasteiger partial charge on any atom is -0.481 e. The van der Waals surface area contributed by atoms with Crippen molar-refractivity contribution in [2.24, 2.45) is 0 Å². The lowest BCUT2D eigenvalue weighted by Gasteiger charge is -2.25. The zero-order chi connectivity index (χ0) is 27.7. The molecule has 0 amide bonds. The van der Waals surface area contributed by atoms with Gasteiger partial charge in [0.15, 0.2) is 0 Å². The van der Waals surface area contributed by atoms with Gasteiger partial charge >= 0.3 is 10.3 Å². The SMILES string of the molecule is CNS(=O)(=O)O[C@@H]1C[C@H](Nc2ncncc2C(=O)c2cc([C@@H]3OCCc4ccc(OC)nc43)c(C)s2)C[C@@H]1O. The molecule has 3 aromatic rings. The van der Waals surface area contributed by atoms with Crippen LogP contribution in [0.25, 0.3) is 0 Å². The van der Waals surface area contributed by atoms with Gasteiger partial charge in [-0.3, -0.25) is 8.98 Å². The van der Waals surface area contributed by atoms with E-state index in [9.17, 15) is 18.3 Å². The largest absolute Gasteiger partial charge is 0.481 e. The highest BCUT2D eigenvalue weighted by Crippen LogP contribution is 2.38. The Bertz CT molecular complexity index is 1480. The Morgan fingerprint density at radius 1 is 1.28 bits per heavy atom. The fourth-order valence-corrected chi connectivity index (χ4v) is 6.48. The summed E-state index contributed by atoms with van der Waals surface area (Å²) in [5.41, 5.74) is 2.98. The van der Waals surface area contributed by atoms with E-state index in [1.807, 2.05) is 25.1 Å².